The van der Waals surface area contributed by atoms with E-state index in [2.05, 4.69) is 4.90 Å². The second-order valence-electron chi connectivity index (χ2n) is 6.73. The Labute approximate surface area is 151 Å². The highest BCUT2D eigenvalue weighted by Crippen LogP contribution is 2.24. The van der Waals surface area contributed by atoms with Gasteiger partial charge in [0.05, 0.1) is 11.4 Å². The van der Waals surface area contributed by atoms with Crippen LogP contribution in [0.4, 0.5) is 0 Å². The van der Waals surface area contributed by atoms with Gasteiger partial charge in [0.2, 0.25) is 0 Å². The molecule has 1 fully saturated rings. The zero-order chi connectivity index (χ0) is 17.1. The maximum atomic E-state index is 12.7. The Bertz CT molecular complexity index is 892. The van der Waals surface area contributed by atoms with Crippen LogP contribution in [0.2, 0.25) is 0 Å². The van der Waals surface area contributed by atoms with Crippen molar-refractivity contribution in [1.29, 1.82) is 0 Å². The lowest BCUT2D eigenvalue weighted by molar-refractivity contribution is 0.237. The van der Waals surface area contributed by atoms with E-state index in [9.17, 15) is 4.79 Å². The highest BCUT2D eigenvalue weighted by Gasteiger charge is 2.13. The zero-order valence-electron chi connectivity index (χ0n) is 14.4. The van der Waals surface area contributed by atoms with E-state index in [-0.39, 0.29) is 5.56 Å². The van der Waals surface area contributed by atoms with E-state index in [4.69, 9.17) is 4.98 Å². The van der Waals surface area contributed by atoms with Gasteiger partial charge in [-0.15, -0.1) is 11.3 Å². The fourth-order valence-corrected chi connectivity index (χ4v) is 4.48. The van der Waals surface area contributed by atoms with Crippen molar-refractivity contribution in [2.45, 2.75) is 38.6 Å². The molecular weight excluding hydrogens is 330 g/mol. The summed E-state index contributed by atoms with van der Waals surface area (Å²) in [5, 5.41) is 2.03. The molecule has 25 heavy (non-hydrogen) atoms. The Kier molecular flexibility index (Phi) is 4.95. The van der Waals surface area contributed by atoms with Crippen LogP contribution < -0.4 is 5.56 Å². The first-order valence-electron chi connectivity index (χ1n) is 9.09. The van der Waals surface area contributed by atoms with Gasteiger partial charge in [-0.3, -0.25) is 14.1 Å². The number of aromatic nitrogens is 2. The second-order valence-corrected chi connectivity index (χ2v) is 7.57. The van der Waals surface area contributed by atoms with Crippen molar-refractivity contribution < 1.29 is 0 Å². The minimum atomic E-state index is 0.0205. The average Bonchev–Trinajstić information content (AvgIpc) is 3.02. The lowest BCUT2D eigenvalue weighted by Crippen LogP contribution is -2.28. The maximum absolute atomic E-state index is 12.7. The number of rotatable bonds is 3. The minimum Gasteiger partial charge on any atom is -0.298 e. The molecule has 0 radical (unpaired) electrons. The molecule has 0 saturated carbocycles. The molecule has 0 bridgehead atoms. The highest BCUT2D eigenvalue weighted by molar-refractivity contribution is 7.15. The van der Waals surface area contributed by atoms with Gasteiger partial charge in [-0.25, -0.2) is 4.98 Å². The van der Waals surface area contributed by atoms with Gasteiger partial charge >= 0.3 is 0 Å². The third kappa shape index (κ3) is 3.67. The standard InChI is InChI=1S/C20H23N3OS/c24-19-13-17(14-22-11-7-2-1-3-8-12-22)21-20-23(19)18(15-25-20)16-9-5-4-6-10-16/h4-6,9-10,13,15H,1-3,7-8,11-12,14H2. The van der Waals surface area contributed by atoms with Crippen LogP contribution in [-0.2, 0) is 6.54 Å². The number of hydrogen-bond donors (Lipinski definition) is 0. The van der Waals surface area contributed by atoms with Gasteiger partial charge < -0.3 is 0 Å². The van der Waals surface area contributed by atoms with Gasteiger partial charge in [0, 0.05) is 18.0 Å². The molecule has 4 nitrogen and oxygen atoms in total. The third-order valence-corrected chi connectivity index (χ3v) is 5.69. The number of hydrogen-bond acceptors (Lipinski definition) is 4. The molecule has 1 aliphatic rings. The van der Waals surface area contributed by atoms with Gasteiger partial charge in [-0.05, 0) is 31.5 Å². The molecule has 3 heterocycles. The Hall–Kier alpha value is -1.98. The first kappa shape index (κ1) is 16.5. The third-order valence-electron chi connectivity index (χ3n) is 4.86. The predicted octanol–water partition coefficient (Wildman–Crippen LogP) is 4.19. The molecule has 0 aliphatic carbocycles. The Morgan fingerprint density at radius 1 is 1.00 bits per heavy atom. The summed E-state index contributed by atoms with van der Waals surface area (Å²) < 4.78 is 1.73. The van der Waals surface area contributed by atoms with Crippen molar-refractivity contribution in [3.05, 3.63) is 57.8 Å². The smallest absolute Gasteiger partial charge is 0.259 e. The van der Waals surface area contributed by atoms with E-state index in [1.54, 1.807) is 10.5 Å². The van der Waals surface area contributed by atoms with Crippen LogP contribution in [0.25, 0.3) is 16.2 Å². The highest BCUT2D eigenvalue weighted by atomic mass is 32.1. The Morgan fingerprint density at radius 2 is 1.72 bits per heavy atom. The normalized spacial score (nSPS) is 16.6. The van der Waals surface area contributed by atoms with Crippen molar-refractivity contribution in [2.24, 2.45) is 0 Å². The molecule has 2 aromatic heterocycles. The van der Waals surface area contributed by atoms with Crippen LogP contribution in [-0.4, -0.2) is 27.4 Å². The number of benzene rings is 1. The van der Waals surface area contributed by atoms with Gasteiger partial charge in [0.15, 0.2) is 4.96 Å². The topological polar surface area (TPSA) is 37.6 Å². The molecule has 5 heteroatoms. The molecule has 130 valence electrons. The maximum Gasteiger partial charge on any atom is 0.259 e. The van der Waals surface area contributed by atoms with Gasteiger partial charge in [-0.2, -0.15) is 0 Å². The van der Waals surface area contributed by atoms with Crippen molar-refractivity contribution >= 4 is 16.3 Å². The lowest BCUT2D eigenvalue weighted by Gasteiger charge is -2.23. The molecular formula is C20H23N3OS. The largest absolute Gasteiger partial charge is 0.298 e. The van der Waals surface area contributed by atoms with Crippen LogP contribution in [0, 0.1) is 0 Å². The summed E-state index contributed by atoms with van der Waals surface area (Å²) in [5.41, 5.74) is 2.89. The van der Waals surface area contributed by atoms with Crippen molar-refractivity contribution in [2.75, 3.05) is 13.1 Å². The number of fused-ring (bicyclic) bond motifs is 1. The monoisotopic (exact) mass is 353 g/mol. The van der Waals surface area contributed by atoms with Crippen molar-refractivity contribution in [1.82, 2.24) is 14.3 Å². The Morgan fingerprint density at radius 3 is 2.48 bits per heavy atom. The fourth-order valence-electron chi connectivity index (χ4n) is 3.56. The van der Waals surface area contributed by atoms with E-state index < -0.39 is 0 Å². The molecule has 1 aromatic carbocycles. The number of nitrogens with zero attached hydrogens (tertiary/aromatic N) is 3. The lowest BCUT2D eigenvalue weighted by atomic mass is 10.1. The van der Waals surface area contributed by atoms with E-state index >= 15 is 0 Å². The van der Waals surface area contributed by atoms with E-state index in [0.29, 0.717) is 0 Å². The molecule has 0 atom stereocenters. The molecule has 1 aliphatic heterocycles. The molecule has 0 spiro atoms. The predicted molar refractivity (Wildman–Crippen MR) is 103 cm³/mol. The zero-order valence-corrected chi connectivity index (χ0v) is 15.2. The van der Waals surface area contributed by atoms with Crippen LogP contribution in [0.15, 0.2) is 46.6 Å². The summed E-state index contributed by atoms with van der Waals surface area (Å²) in [6, 6.07) is 11.7. The van der Waals surface area contributed by atoms with Crippen molar-refractivity contribution in [3.63, 3.8) is 0 Å². The summed E-state index contributed by atoms with van der Waals surface area (Å²) >= 11 is 1.54. The van der Waals surface area contributed by atoms with Crippen molar-refractivity contribution in [3.8, 4) is 11.3 Å². The van der Waals surface area contributed by atoms with Gasteiger partial charge in [0.25, 0.3) is 5.56 Å². The minimum absolute atomic E-state index is 0.0205. The molecule has 0 unspecified atom stereocenters. The molecule has 0 N–H and O–H groups in total. The SMILES string of the molecule is O=c1cc(CN2CCCCCCC2)nc2scc(-c3ccccc3)n12. The van der Waals surface area contributed by atoms with Gasteiger partial charge in [-0.1, -0.05) is 49.6 Å². The summed E-state index contributed by atoms with van der Waals surface area (Å²) in [7, 11) is 0. The van der Waals surface area contributed by atoms with Crippen LogP contribution in [0.3, 0.4) is 0 Å². The summed E-state index contributed by atoms with van der Waals surface area (Å²) in [6.07, 6.45) is 6.49. The van der Waals surface area contributed by atoms with Crippen LogP contribution in [0.1, 0.15) is 37.8 Å². The molecule has 4 rings (SSSR count). The fraction of sp³-hybridized carbons (Fsp3) is 0.400. The molecule has 3 aromatic rings. The molecule has 1 saturated heterocycles. The Balaban J connectivity index is 1.63. The number of likely N-dealkylation sites (tertiary alicyclic amines) is 1. The number of thiazole rings is 1. The summed E-state index contributed by atoms with van der Waals surface area (Å²) in [5.74, 6) is 0. The van der Waals surface area contributed by atoms with E-state index in [1.807, 2.05) is 35.7 Å². The summed E-state index contributed by atoms with van der Waals surface area (Å²) in [6.45, 7) is 3.01. The quantitative estimate of drug-likeness (QED) is 0.708. The molecule has 0 amide bonds. The van der Waals surface area contributed by atoms with Crippen LogP contribution >= 0.6 is 11.3 Å². The second kappa shape index (κ2) is 7.50. The first-order valence-corrected chi connectivity index (χ1v) is 9.97. The van der Waals surface area contributed by atoms with E-state index in [1.165, 1.54) is 43.4 Å². The van der Waals surface area contributed by atoms with Gasteiger partial charge in [0.1, 0.15) is 0 Å². The summed E-state index contributed by atoms with van der Waals surface area (Å²) in [4.78, 5) is 20.7. The van der Waals surface area contributed by atoms with E-state index in [0.717, 1.165) is 41.5 Å². The van der Waals surface area contributed by atoms with Crippen LogP contribution in [0.5, 0.6) is 0 Å². The average molecular weight is 353 g/mol. The first-order chi connectivity index (χ1) is 12.3.